The third kappa shape index (κ3) is 2.12. The Bertz CT molecular complexity index is 542. The van der Waals surface area contributed by atoms with E-state index in [0.29, 0.717) is 5.56 Å². The first kappa shape index (κ1) is 13.9. The Labute approximate surface area is 109 Å². The van der Waals surface area contributed by atoms with Crippen LogP contribution in [0, 0.1) is 6.92 Å². The SMILES string of the molecule is Cc1cn([C@@H]2O[C@H](CO)[C@@](C)(O)C2O)c(=O)nc1N. The molecule has 1 aromatic rings. The summed E-state index contributed by atoms with van der Waals surface area (Å²) >= 11 is 0. The van der Waals surface area contributed by atoms with Crippen molar-refractivity contribution in [3.8, 4) is 0 Å². The van der Waals surface area contributed by atoms with Crippen LogP contribution in [-0.2, 0) is 4.74 Å². The molecule has 0 radical (unpaired) electrons. The Hall–Kier alpha value is -1.48. The van der Waals surface area contributed by atoms with E-state index in [4.69, 9.17) is 15.6 Å². The Morgan fingerprint density at radius 3 is 2.79 bits per heavy atom. The van der Waals surface area contributed by atoms with Crippen molar-refractivity contribution in [1.29, 1.82) is 0 Å². The maximum Gasteiger partial charge on any atom is 0.351 e. The molecule has 0 saturated carbocycles. The molecule has 0 aromatic carbocycles. The largest absolute Gasteiger partial charge is 0.394 e. The fourth-order valence-electron chi connectivity index (χ4n) is 2.07. The molecule has 1 unspecified atom stereocenters. The summed E-state index contributed by atoms with van der Waals surface area (Å²) in [5.74, 6) is 0.0965. The van der Waals surface area contributed by atoms with Gasteiger partial charge < -0.3 is 25.8 Å². The van der Waals surface area contributed by atoms with Crippen molar-refractivity contribution in [2.75, 3.05) is 12.3 Å². The fraction of sp³-hybridized carbons (Fsp3) is 0.636. The van der Waals surface area contributed by atoms with E-state index in [2.05, 4.69) is 4.98 Å². The molecule has 2 heterocycles. The van der Waals surface area contributed by atoms with Crippen LogP contribution in [0.15, 0.2) is 11.0 Å². The topological polar surface area (TPSA) is 131 Å². The number of aliphatic hydroxyl groups excluding tert-OH is 2. The van der Waals surface area contributed by atoms with Crippen LogP contribution in [0.2, 0.25) is 0 Å². The second-order valence-electron chi connectivity index (χ2n) is 4.87. The first-order valence-corrected chi connectivity index (χ1v) is 5.81. The summed E-state index contributed by atoms with van der Waals surface area (Å²) < 4.78 is 6.39. The zero-order chi connectivity index (χ0) is 14.4. The smallest absolute Gasteiger partial charge is 0.351 e. The molecule has 1 fully saturated rings. The van der Waals surface area contributed by atoms with Gasteiger partial charge in [0.2, 0.25) is 0 Å². The molecular formula is C11H17N3O5. The summed E-state index contributed by atoms with van der Waals surface area (Å²) in [5.41, 5.74) is 3.70. The average molecular weight is 271 g/mol. The maximum absolute atomic E-state index is 11.8. The minimum atomic E-state index is -1.66. The third-order valence-corrected chi connectivity index (χ3v) is 3.44. The molecule has 19 heavy (non-hydrogen) atoms. The van der Waals surface area contributed by atoms with E-state index in [9.17, 15) is 15.0 Å². The zero-order valence-corrected chi connectivity index (χ0v) is 10.6. The van der Waals surface area contributed by atoms with E-state index < -0.39 is 36.3 Å². The van der Waals surface area contributed by atoms with Gasteiger partial charge in [0.05, 0.1) is 6.61 Å². The standard InChI is InChI=1S/C11H17N3O5/c1-5-3-14(10(17)13-8(5)12)9-7(16)11(2,18)6(4-15)19-9/h3,6-7,9,15-16,18H,4H2,1-2H3,(H2,12,13,17)/t6-,7?,9-,11-/m1/s1. The van der Waals surface area contributed by atoms with E-state index in [1.807, 2.05) is 0 Å². The summed E-state index contributed by atoms with van der Waals surface area (Å²) in [6, 6.07) is 0. The molecule has 1 aromatic heterocycles. The molecular weight excluding hydrogens is 254 g/mol. The average Bonchev–Trinajstić information content (AvgIpc) is 2.56. The number of anilines is 1. The molecule has 1 aliphatic heterocycles. The molecule has 8 nitrogen and oxygen atoms in total. The summed E-state index contributed by atoms with van der Waals surface area (Å²) in [7, 11) is 0. The number of ether oxygens (including phenoxy) is 1. The van der Waals surface area contributed by atoms with Gasteiger partial charge >= 0.3 is 5.69 Å². The van der Waals surface area contributed by atoms with Gasteiger partial charge in [-0.2, -0.15) is 4.98 Å². The molecule has 1 saturated heterocycles. The lowest BCUT2D eigenvalue weighted by Gasteiger charge is -2.25. The summed E-state index contributed by atoms with van der Waals surface area (Å²) in [6.07, 6.45) is -2.08. The zero-order valence-electron chi connectivity index (χ0n) is 10.6. The van der Waals surface area contributed by atoms with Crippen LogP contribution in [0.5, 0.6) is 0 Å². The number of aliphatic hydroxyl groups is 3. The number of nitrogen functional groups attached to an aromatic ring is 1. The van der Waals surface area contributed by atoms with Crippen LogP contribution >= 0.6 is 0 Å². The predicted octanol–water partition coefficient (Wildman–Crippen LogP) is -1.86. The Morgan fingerprint density at radius 2 is 2.26 bits per heavy atom. The van der Waals surface area contributed by atoms with Gasteiger partial charge in [0.15, 0.2) is 6.23 Å². The molecule has 0 aliphatic carbocycles. The van der Waals surface area contributed by atoms with E-state index in [1.54, 1.807) is 6.92 Å². The Morgan fingerprint density at radius 1 is 1.63 bits per heavy atom. The molecule has 4 atom stereocenters. The van der Waals surface area contributed by atoms with Crippen molar-refractivity contribution >= 4 is 5.82 Å². The summed E-state index contributed by atoms with van der Waals surface area (Å²) in [5, 5.41) is 29.3. The molecule has 0 amide bonds. The summed E-state index contributed by atoms with van der Waals surface area (Å²) in [6.45, 7) is 2.51. The van der Waals surface area contributed by atoms with Gasteiger partial charge in [-0.05, 0) is 13.8 Å². The highest BCUT2D eigenvalue weighted by atomic mass is 16.6. The van der Waals surface area contributed by atoms with Gasteiger partial charge in [0.25, 0.3) is 0 Å². The summed E-state index contributed by atoms with van der Waals surface area (Å²) in [4.78, 5) is 15.4. The molecule has 0 bridgehead atoms. The van der Waals surface area contributed by atoms with E-state index in [1.165, 1.54) is 13.1 Å². The Kier molecular flexibility index (Phi) is 3.35. The number of hydrogen-bond donors (Lipinski definition) is 4. The van der Waals surface area contributed by atoms with E-state index >= 15 is 0 Å². The van der Waals surface area contributed by atoms with Crippen LogP contribution in [0.4, 0.5) is 5.82 Å². The third-order valence-electron chi connectivity index (χ3n) is 3.44. The highest BCUT2D eigenvalue weighted by Gasteiger charge is 2.52. The van der Waals surface area contributed by atoms with Crippen molar-refractivity contribution in [2.45, 2.75) is 37.9 Å². The minimum Gasteiger partial charge on any atom is -0.394 e. The number of rotatable bonds is 2. The van der Waals surface area contributed by atoms with Gasteiger partial charge in [-0.15, -0.1) is 0 Å². The molecule has 5 N–H and O–H groups in total. The first-order valence-electron chi connectivity index (χ1n) is 5.81. The lowest BCUT2D eigenvalue weighted by Crippen LogP contribution is -2.46. The number of aryl methyl sites for hydroxylation is 1. The van der Waals surface area contributed by atoms with Gasteiger partial charge in [-0.3, -0.25) is 4.57 Å². The van der Waals surface area contributed by atoms with Crippen molar-refractivity contribution in [3.05, 3.63) is 22.2 Å². The van der Waals surface area contributed by atoms with Crippen molar-refractivity contribution in [2.24, 2.45) is 0 Å². The van der Waals surface area contributed by atoms with Gasteiger partial charge in [0, 0.05) is 11.8 Å². The quantitative estimate of drug-likeness (QED) is 0.496. The van der Waals surface area contributed by atoms with Crippen LogP contribution < -0.4 is 11.4 Å². The van der Waals surface area contributed by atoms with Gasteiger partial charge in [0.1, 0.15) is 23.6 Å². The van der Waals surface area contributed by atoms with Gasteiger partial charge in [-0.1, -0.05) is 0 Å². The monoisotopic (exact) mass is 271 g/mol. The van der Waals surface area contributed by atoms with Crippen molar-refractivity contribution in [1.82, 2.24) is 9.55 Å². The number of hydrogen-bond acceptors (Lipinski definition) is 7. The highest BCUT2D eigenvalue weighted by Crippen LogP contribution is 2.36. The lowest BCUT2D eigenvalue weighted by molar-refractivity contribution is -0.0807. The highest BCUT2D eigenvalue weighted by molar-refractivity contribution is 5.35. The second-order valence-corrected chi connectivity index (χ2v) is 4.87. The van der Waals surface area contributed by atoms with Crippen LogP contribution in [0.1, 0.15) is 18.7 Å². The molecule has 8 heteroatoms. The predicted molar refractivity (Wildman–Crippen MR) is 65.3 cm³/mol. The molecule has 0 spiro atoms. The van der Waals surface area contributed by atoms with Gasteiger partial charge in [-0.25, -0.2) is 4.79 Å². The van der Waals surface area contributed by atoms with Crippen LogP contribution in [-0.4, -0.2) is 49.3 Å². The van der Waals surface area contributed by atoms with Crippen molar-refractivity contribution < 1.29 is 20.1 Å². The number of nitrogens with zero attached hydrogens (tertiary/aromatic N) is 2. The normalized spacial score (nSPS) is 34.7. The van der Waals surface area contributed by atoms with E-state index in [-0.39, 0.29) is 5.82 Å². The number of aromatic nitrogens is 2. The molecule has 106 valence electrons. The van der Waals surface area contributed by atoms with E-state index in [0.717, 1.165) is 4.57 Å². The first-order chi connectivity index (χ1) is 8.78. The minimum absolute atomic E-state index is 0.0965. The number of nitrogens with two attached hydrogens (primary N) is 1. The Balaban J connectivity index is 2.44. The second kappa shape index (κ2) is 4.57. The molecule has 1 aliphatic rings. The maximum atomic E-state index is 11.8. The van der Waals surface area contributed by atoms with Crippen molar-refractivity contribution in [3.63, 3.8) is 0 Å². The lowest BCUT2D eigenvalue weighted by atomic mass is 9.95. The fourth-order valence-corrected chi connectivity index (χ4v) is 2.07. The van der Waals surface area contributed by atoms with Crippen LogP contribution in [0.25, 0.3) is 0 Å². The van der Waals surface area contributed by atoms with Crippen LogP contribution in [0.3, 0.4) is 0 Å². The molecule has 2 rings (SSSR count).